The number of aliphatic hydroxyl groups excluding tert-OH is 1. The number of anilines is 1. The smallest absolute Gasteiger partial charge is 0.330 e. The zero-order valence-corrected chi connectivity index (χ0v) is 30.1. The Labute approximate surface area is 296 Å². The normalized spacial score (nSPS) is 14.5. The summed E-state index contributed by atoms with van der Waals surface area (Å²) >= 11 is 12.7. The van der Waals surface area contributed by atoms with Gasteiger partial charge >= 0.3 is 10.2 Å². The molecule has 0 fully saturated rings. The first-order chi connectivity index (χ1) is 23.1. The molecule has 0 unspecified atom stereocenters. The maximum Gasteiger partial charge on any atom is 0.330 e. The minimum atomic E-state index is -3.99. The predicted molar refractivity (Wildman–Crippen MR) is 195 cm³/mol. The molecule has 0 aliphatic carbocycles. The van der Waals surface area contributed by atoms with Crippen LogP contribution in [0.3, 0.4) is 0 Å². The van der Waals surface area contributed by atoms with Crippen LogP contribution in [0.4, 0.5) is 5.69 Å². The van der Waals surface area contributed by atoms with Crippen molar-refractivity contribution < 1.29 is 21.9 Å². The Hall–Kier alpha value is -4.29. The third-order valence-electron chi connectivity index (χ3n) is 8.04. The van der Waals surface area contributed by atoms with E-state index in [4.69, 9.17) is 28.2 Å². The van der Waals surface area contributed by atoms with E-state index in [1.54, 1.807) is 54.6 Å². The summed E-state index contributed by atoms with van der Waals surface area (Å²) in [5, 5.41) is 10.7. The molecule has 0 saturated heterocycles. The van der Waals surface area contributed by atoms with Gasteiger partial charge in [-0.3, -0.25) is 0 Å². The van der Waals surface area contributed by atoms with Crippen LogP contribution in [0, 0.1) is 5.41 Å². The van der Waals surface area contributed by atoms with Crippen molar-refractivity contribution in [2.75, 3.05) is 10.1 Å². The summed E-state index contributed by atoms with van der Waals surface area (Å²) in [5.74, 6) is 0.256. The Kier molecular flexibility index (Phi) is 9.31. The Morgan fingerprint density at radius 1 is 0.878 bits per heavy atom. The molecule has 0 bridgehead atoms. The van der Waals surface area contributed by atoms with E-state index < -0.39 is 25.9 Å². The van der Waals surface area contributed by atoms with Gasteiger partial charge in [0.2, 0.25) is 5.88 Å². The number of hydrogen-bond donors (Lipinski definition) is 2. The molecule has 254 valence electrons. The number of nitrogens with one attached hydrogen (secondary N) is 1. The molecule has 0 amide bonds. The van der Waals surface area contributed by atoms with Gasteiger partial charge in [-0.05, 0) is 77.1 Å². The third kappa shape index (κ3) is 7.80. The highest BCUT2D eigenvalue weighted by Crippen LogP contribution is 2.33. The molecule has 0 radical (unpaired) electrons. The molecule has 1 aliphatic rings. The van der Waals surface area contributed by atoms with Gasteiger partial charge in [0.05, 0.1) is 33.3 Å². The van der Waals surface area contributed by atoms with E-state index in [0.29, 0.717) is 56.2 Å². The average Bonchev–Trinajstić information content (AvgIpc) is 3.58. The summed E-state index contributed by atoms with van der Waals surface area (Å²) in [6.07, 6.45) is 3.89. The van der Waals surface area contributed by atoms with Gasteiger partial charge in [0.1, 0.15) is 5.82 Å². The van der Waals surface area contributed by atoms with Gasteiger partial charge in [0.15, 0.2) is 9.84 Å². The van der Waals surface area contributed by atoms with Crippen molar-refractivity contribution in [1.82, 2.24) is 14.3 Å². The Balaban J connectivity index is 1.33. The highest BCUT2D eigenvalue weighted by atomic mass is 35.5. The first-order valence-corrected chi connectivity index (χ1v) is 19.2. The number of halogens is 2. The molecule has 2 heterocycles. The predicted octanol–water partition coefficient (Wildman–Crippen LogP) is 8.33. The second-order valence-corrected chi connectivity index (χ2v) is 17.5. The molecule has 2 N–H and O–H groups in total. The lowest BCUT2D eigenvalue weighted by Gasteiger charge is -2.17. The molecule has 1 aliphatic heterocycles. The fraction of sp³-hybridized carbons (Fsp3) is 0.194. The van der Waals surface area contributed by atoms with E-state index in [0.717, 1.165) is 27.2 Å². The molecule has 4 aromatic carbocycles. The van der Waals surface area contributed by atoms with Crippen molar-refractivity contribution in [3.63, 3.8) is 0 Å². The number of aromatic nitrogens is 2. The fourth-order valence-corrected chi connectivity index (χ4v) is 8.66. The maximum absolute atomic E-state index is 13.1. The second-order valence-electron chi connectivity index (χ2n) is 13.0. The van der Waals surface area contributed by atoms with E-state index in [1.165, 1.54) is 0 Å². The van der Waals surface area contributed by atoms with Crippen LogP contribution in [0.5, 0.6) is 0 Å². The van der Waals surface area contributed by atoms with Crippen molar-refractivity contribution in [1.29, 1.82) is 0 Å². The van der Waals surface area contributed by atoms with E-state index in [1.807, 2.05) is 67.9 Å². The Morgan fingerprint density at radius 3 is 2.27 bits per heavy atom. The molecule has 13 heteroatoms. The summed E-state index contributed by atoms with van der Waals surface area (Å²) in [6.45, 7) is 6.09. The lowest BCUT2D eigenvalue weighted by molar-refractivity contribution is 0.392. The van der Waals surface area contributed by atoms with Gasteiger partial charge in [-0.2, -0.15) is 8.42 Å². The van der Waals surface area contributed by atoms with Crippen LogP contribution in [-0.4, -0.2) is 37.2 Å². The van der Waals surface area contributed by atoms with Crippen molar-refractivity contribution in [2.45, 2.75) is 38.5 Å². The summed E-state index contributed by atoms with van der Waals surface area (Å²) in [7, 11) is -7.42. The average molecular weight is 738 g/mol. The molecule has 0 atom stereocenters. The van der Waals surface area contributed by atoms with Crippen molar-refractivity contribution in [3.8, 4) is 28.1 Å². The van der Waals surface area contributed by atoms with Gasteiger partial charge in [0, 0.05) is 28.9 Å². The number of benzene rings is 4. The van der Waals surface area contributed by atoms with E-state index >= 15 is 0 Å². The molecule has 1 aromatic heterocycles. The molecular formula is C36H34Cl2N4O5S2. The first kappa shape index (κ1) is 34.6. The molecule has 5 aromatic rings. The Bertz CT molecular complexity index is 2300. The van der Waals surface area contributed by atoms with E-state index in [9.17, 15) is 21.9 Å². The minimum Gasteiger partial charge on any atom is -0.493 e. The highest BCUT2D eigenvalue weighted by Gasteiger charge is 2.29. The Morgan fingerprint density at radius 2 is 1.59 bits per heavy atom. The fourth-order valence-electron chi connectivity index (χ4n) is 5.40. The molecule has 6 rings (SSSR count). The van der Waals surface area contributed by atoms with E-state index in [2.05, 4.69) is 4.72 Å². The van der Waals surface area contributed by atoms with Crippen molar-refractivity contribution in [2.24, 2.45) is 5.41 Å². The van der Waals surface area contributed by atoms with Crippen LogP contribution in [-0.2, 0) is 26.5 Å². The molecular weight excluding hydrogens is 703 g/mol. The van der Waals surface area contributed by atoms with Crippen LogP contribution < -0.4 is 9.03 Å². The largest absolute Gasteiger partial charge is 0.493 e. The van der Waals surface area contributed by atoms with Gasteiger partial charge in [-0.15, -0.1) is 0 Å². The SMILES string of the molecule is CC(C)(C)CCS(=O)(=O)c1cccc(-c2ccc(Cc3nc(-c4ccc(Cl)cc4Cl)cn3-c3cccc(N4C=C(O)NS4(=O)=O)c3)cc2)c1. The van der Waals surface area contributed by atoms with Gasteiger partial charge in [-0.25, -0.2) is 22.4 Å². The van der Waals surface area contributed by atoms with Crippen molar-refractivity contribution >= 4 is 48.9 Å². The van der Waals surface area contributed by atoms with Gasteiger partial charge in [-0.1, -0.05) is 86.4 Å². The lowest BCUT2D eigenvalue weighted by Crippen LogP contribution is -2.29. The lowest BCUT2D eigenvalue weighted by atomic mass is 9.94. The van der Waals surface area contributed by atoms with Crippen LogP contribution >= 0.6 is 23.2 Å². The monoisotopic (exact) mass is 736 g/mol. The second kappa shape index (κ2) is 13.2. The molecule has 0 spiro atoms. The molecule has 9 nitrogen and oxygen atoms in total. The minimum absolute atomic E-state index is 0.0849. The summed E-state index contributed by atoms with van der Waals surface area (Å²) < 4.78 is 56.2. The van der Waals surface area contributed by atoms with Crippen LogP contribution in [0.25, 0.3) is 28.1 Å². The number of aliphatic hydroxyl groups is 1. The topological polar surface area (TPSA) is 122 Å². The van der Waals surface area contributed by atoms with Crippen LogP contribution in [0.2, 0.25) is 10.0 Å². The number of rotatable bonds is 9. The van der Waals surface area contributed by atoms with Crippen LogP contribution in [0.15, 0.2) is 114 Å². The first-order valence-electron chi connectivity index (χ1n) is 15.4. The van der Waals surface area contributed by atoms with Gasteiger partial charge in [0.25, 0.3) is 0 Å². The number of nitrogens with zero attached hydrogens (tertiary/aromatic N) is 3. The number of sulfone groups is 1. The number of imidazole rings is 1. The summed E-state index contributed by atoms with van der Waals surface area (Å²) in [4.78, 5) is 5.24. The van der Waals surface area contributed by atoms with Crippen LogP contribution in [0.1, 0.15) is 38.6 Å². The summed E-state index contributed by atoms with van der Waals surface area (Å²) in [5.41, 5.74) is 4.73. The summed E-state index contributed by atoms with van der Waals surface area (Å²) in [6, 6.07) is 26.9. The third-order valence-corrected chi connectivity index (χ3v) is 11.6. The van der Waals surface area contributed by atoms with Gasteiger partial charge < -0.3 is 9.67 Å². The molecule has 49 heavy (non-hydrogen) atoms. The maximum atomic E-state index is 13.1. The zero-order chi connectivity index (χ0) is 35.1. The highest BCUT2D eigenvalue weighted by molar-refractivity contribution is 7.91. The standard InChI is InChI=1S/C36H34Cl2N4O5S2/c1-36(2,3)16-17-48(44,45)30-9-4-6-26(19-30)25-12-10-24(11-13-25)18-34-39-33(31-15-14-27(37)20-32(31)38)22-41(34)28-7-5-8-29(21-28)42-23-35(43)40-49(42,46)47/h4-15,19-23,40,43H,16-18H2,1-3H3. The van der Waals surface area contributed by atoms with E-state index in [-0.39, 0.29) is 11.2 Å². The quantitative estimate of drug-likeness (QED) is 0.157. The zero-order valence-electron chi connectivity index (χ0n) is 26.9. The molecule has 0 saturated carbocycles. The number of hydrogen-bond acceptors (Lipinski definition) is 6. The van der Waals surface area contributed by atoms with Crippen molar-refractivity contribution in [3.05, 3.63) is 131 Å².